The summed E-state index contributed by atoms with van der Waals surface area (Å²) in [6, 6.07) is 9.45. The number of amides is 2. The SMILES string of the molecule is CN1C[C@@H](c2ccccc2)OC(=O)CC/C=C/C[C@@H](CC(=O)NCC2CCOCC2)C1=O. The molecule has 1 aromatic carbocycles. The topological polar surface area (TPSA) is 84.9 Å². The average Bonchev–Trinajstić information content (AvgIpc) is 2.81. The number of benzene rings is 1. The van der Waals surface area contributed by atoms with Crippen LogP contribution in [0.3, 0.4) is 0 Å². The van der Waals surface area contributed by atoms with Crippen molar-refractivity contribution in [3.05, 3.63) is 48.0 Å². The minimum atomic E-state index is -0.538. The fourth-order valence-corrected chi connectivity index (χ4v) is 4.10. The molecule has 1 fully saturated rings. The molecule has 0 aliphatic carbocycles. The Balaban J connectivity index is 1.65. The van der Waals surface area contributed by atoms with E-state index in [1.54, 1.807) is 11.9 Å². The molecule has 0 aromatic heterocycles. The first-order valence-electron chi connectivity index (χ1n) is 11.5. The second-order valence-electron chi connectivity index (χ2n) is 8.61. The summed E-state index contributed by atoms with van der Waals surface area (Å²) in [5.74, 6) is -0.516. The van der Waals surface area contributed by atoms with Crippen molar-refractivity contribution >= 4 is 17.8 Å². The summed E-state index contributed by atoms with van der Waals surface area (Å²) in [6.45, 7) is 2.36. The quantitative estimate of drug-likeness (QED) is 0.560. The summed E-state index contributed by atoms with van der Waals surface area (Å²) in [7, 11) is 1.70. The van der Waals surface area contributed by atoms with Crippen LogP contribution in [0.1, 0.15) is 50.2 Å². The summed E-state index contributed by atoms with van der Waals surface area (Å²) in [5, 5.41) is 3.00. The number of ether oxygens (including phenoxy) is 2. The van der Waals surface area contributed by atoms with Crippen LogP contribution in [0, 0.1) is 11.8 Å². The standard InChI is InChI=1S/C25H34N2O5/c1-27-18-22(20-8-4-2-5-9-20)32-24(29)11-7-3-6-10-21(25(27)30)16-23(28)26-17-19-12-14-31-15-13-19/h2-6,8-9,19,21-22H,7,10-18H2,1H3,(H,26,28)/b6-3+/t21-,22-/m0/s1. The van der Waals surface area contributed by atoms with E-state index >= 15 is 0 Å². The highest BCUT2D eigenvalue weighted by molar-refractivity contribution is 5.86. The van der Waals surface area contributed by atoms with Crippen molar-refractivity contribution in [2.75, 3.05) is 33.4 Å². The summed E-state index contributed by atoms with van der Waals surface area (Å²) >= 11 is 0. The lowest BCUT2D eigenvalue weighted by atomic mass is 9.97. The van der Waals surface area contributed by atoms with Gasteiger partial charge in [0.1, 0.15) is 6.10 Å². The van der Waals surface area contributed by atoms with Crippen LogP contribution in [0.2, 0.25) is 0 Å². The van der Waals surface area contributed by atoms with E-state index in [2.05, 4.69) is 5.32 Å². The van der Waals surface area contributed by atoms with Crippen molar-refractivity contribution in [3.8, 4) is 0 Å². The van der Waals surface area contributed by atoms with Crippen LogP contribution in [0.4, 0.5) is 0 Å². The zero-order valence-electron chi connectivity index (χ0n) is 18.8. The molecule has 3 rings (SSSR count). The first-order chi connectivity index (χ1) is 15.5. The highest BCUT2D eigenvalue weighted by Gasteiger charge is 2.28. The molecule has 0 bridgehead atoms. The number of allylic oxidation sites excluding steroid dienone is 2. The fraction of sp³-hybridized carbons (Fsp3) is 0.560. The lowest BCUT2D eigenvalue weighted by Gasteiger charge is -2.28. The number of rotatable bonds is 5. The van der Waals surface area contributed by atoms with Gasteiger partial charge in [-0.25, -0.2) is 0 Å². The van der Waals surface area contributed by atoms with Crippen LogP contribution in [-0.2, 0) is 23.9 Å². The van der Waals surface area contributed by atoms with Gasteiger partial charge >= 0.3 is 5.97 Å². The molecule has 2 amide bonds. The lowest BCUT2D eigenvalue weighted by Crippen LogP contribution is -2.40. The first kappa shape index (κ1) is 24.0. The Kier molecular flexibility index (Phi) is 9.28. The summed E-state index contributed by atoms with van der Waals surface area (Å²) in [5.41, 5.74) is 0.846. The number of carbonyl (C=O) groups is 3. The molecule has 2 aliphatic heterocycles. The van der Waals surface area contributed by atoms with Crippen molar-refractivity contribution in [2.24, 2.45) is 11.8 Å². The Morgan fingerprint density at radius 1 is 1.12 bits per heavy atom. The highest BCUT2D eigenvalue weighted by atomic mass is 16.5. The maximum atomic E-state index is 13.2. The Morgan fingerprint density at radius 2 is 1.88 bits per heavy atom. The molecule has 0 spiro atoms. The van der Waals surface area contributed by atoms with Gasteiger partial charge in [-0.05, 0) is 37.2 Å². The number of esters is 1. The third-order valence-electron chi connectivity index (χ3n) is 6.07. The van der Waals surface area contributed by atoms with E-state index in [1.165, 1.54) is 0 Å². The molecule has 1 aromatic rings. The maximum Gasteiger partial charge on any atom is 0.306 e. The molecule has 2 heterocycles. The highest BCUT2D eigenvalue weighted by Crippen LogP contribution is 2.23. The van der Waals surface area contributed by atoms with Gasteiger partial charge in [-0.2, -0.15) is 0 Å². The second-order valence-corrected chi connectivity index (χ2v) is 8.61. The average molecular weight is 443 g/mol. The normalized spacial score (nSPS) is 24.7. The number of nitrogens with zero attached hydrogens (tertiary/aromatic N) is 1. The summed E-state index contributed by atoms with van der Waals surface area (Å²) < 4.78 is 11.1. The van der Waals surface area contributed by atoms with Crippen molar-refractivity contribution in [3.63, 3.8) is 0 Å². The van der Waals surface area contributed by atoms with Gasteiger partial charge in [0.2, 0.25) is 11.8 Å². The molecule has 0 saturated carbocycles. The van der Waals surface area contributed by atoms with E-state index in [1.807, 2.05) is 42.5 Å². The Bertz CT molecular complexity index is 789. The van der Waals surface area contributed by atoms with Crippen LogP contribution in [0.5, 0.6) is 0 Å². The molecule has 32 heavy (non-hydrogen) atoms. The molecule has 174 valence electrons. The van der Waals surface area contributed by atoms with Gasteiger partial charge in [-0.3, -0.25) is 14.4 Å². The van der Waals surface area contributed by atoms with E-state index in [4.69, 9.17) is 9.47 Å². The molecule has 2 aliphatic rings. The minimum Gasteiger partial charge on any atom is -0.456 e. The third-order valence-corrected chi connectivity index (χ3v) is 6.07. The lowest BCUT2D eigenvalue weighted by molar-refractivity contribution is -0.152. The molecule has 0 radical (unpaired) electrons. The molecule has 7 nitrogen and oxygen atoms in total. The Morgan fingerprint density at radius 3 is 2.62 bits per heavy atom. The largest absolute Gasteiger partial charge is 0.456 e. The van der Waals surface area contributed by atoms with E-state index in [0.717, 1.165) is 31.6 Å². The molecule has 0 unspecified atom stereocenters. The van der Waals surface area contributed by atoms with E-state index in [9.17, 15) is 14.4 Å². The number of hydrogen-bond acceptors (Lipinski definition) is 5. The predicted molar refractivity (Wildman–Crippen MR) is 121 cm³/mol. The Labute approximate surface area is 190 Å². The Hall–Kier alpha value is -2.67. The zero-order valence-corrected chi connectivity index (χ0v) is 18.8. The number of nitrogens with one attached hydrogen (secondary N) is 1. The van der Waals surface area contributed by atoms with Gasteiger partial charge in [0.05, 0.1) is 12.5 Å². The van der Waals surface area contributed by atoms with Gasteiger partial charge in [0, 0.05) is 39.6 Å². The zero-order chi connectivity index (χ0) is 22.8. The van der Waals surface area contributed by atoms with Crippen molar-refractivity contribution in [2.45, 2.75) is 44.6 Å². The van der Waals surface area contributed by atoms with Gasteiger partial charge in [0.25, 0.3) is 0 Å². The van der Waals surface area contributed by atoms with Gasteiger partial charge in [0.15, 0.2) is 0 Å². The molecule has 1 saturated heterocycles. The van der Waals surface area contributed by atoms with E-state index in [-0.39, 0.29) is 37.2 Å². The van der Waals surface area contributed by atoms with Crippen LogP contribution in [0.15, 0.2) is 42.5 Å². The fourth-order valence-electron chi connectivity index (χ4n) is 4.10. The minimum absolute atomic E-state index is 0.102. The molecule has 2 atom stereocenters. The van der Waals surface area contributed by atoms with Gasteiger partial charge in [-0.15, -0.1) is 0 Å². The number of carbonyl (C=O) groups excluding carboxylic acids is 3. The number of likely N-dealkylation sites (N-methyl/N-ethyl adjacent to an activating group) is 1. The summed E-state index contributed by atoms with van der Waals surface area (Å²) in [4.78, 5) is 39.7. The predicted octanol–water partition coefficient (Wildman–Crippen LogP) is 3.02. The van der Waals surface area contributed by atoms with Crippen molar-refractivity contribution in [1.82, 2.24) is 10.2 Å². The first-order valence-corrected chi connectivity index (χ1v) is 11.5. The van der Waals surface area contributed by atoms with E-state index < -0.39 is 12.0 Å². The smallest absolute Gasteiger partial charge is 0.306 e. The molecular weight excluding hydrogens is 408 g/mol. The van der Waals surface area contributed by atoms with Crippen molar-refractivity contribution in [1.29, 1.82) is 0 Å². The molecule has 1 N–H and O–H groups in total. The second kappa shape index (κ2) is 12.4. The van der Waals surface area contributed by atoms with Crippen LogP contribution in [-0.4, -0.2) is 56.0 Å². The van der Waals surface area contributed by atoms with Crippen LogP contribution < -0.4 is 5.32 Å². The number of hydrogen-bond donors (Lipinski definition) is 1. The monoisotopic (exact) mass is 442 g/mol. The maximum absolute atomic E-state index is 13.2. The summed E-state index contributed by atoms with van der Waals surface area (Å²) in [6.07, 6.45) is 6.60. The number of cyclic esters (lactones) is 1. The van der Waals surface area contributed by atoms with Gasteiger partial charge in [-0.1, -0.05) is 42.5 Å². The third kappa shape index (κ3) is 7.48. The molecule has 7 heteroatoms. The van der Waals surface area contributed by atoms with Gasteiger partial charge < -0.3 is 19.7 Å². The van der Waals surface area contributed by atoms with Crippen LogP contribution in [0.25, 0.3) is 0 Å². The van der Waals surface area contributed by atoms with Crippen LogP contribution >= 0.6 is 0 Å². The van der Waals surface area contributed by atoms with Crippen molar-refractivity contribution < 1.29 is 23.9 Å². The molecular formula is C25H34N2O5. The van der Waals surface area contributed by atoms with E-state index in [0.29, 0.717) is 25.3 Å².